The molecule has 0 aliphatic carbocycles. The van der Waals surface area contributed by atoms with Crippen molar-refractivity contribution in [3.05, 3.63) is 23.8 Å². The van der Waals surface area contributed by atoms with Crippen molar-refractivity contribution >= 4 is 17.1 Å². The van der Waals surface area contributed by atoms with E-state index in [-0.39, 0.29) is 11.4 Å². The quantitative estimate of drug-likeness (QED) is 0.727. The fourth-order valence-electron chi connectivity index (χ4n) is 2.35. The Morgan fingerprint density at radius 2 is 2.04 bits per heavy atom. The van der Waals surface area contributed by atoms with Crippen molar-refractivity contribution in [3.63, 3.8) is 0 Å². The van der Waals surface area contributed by atoms with E-state index in [4.69, 9.17) is 9.47 Å². The van der Waals surface area contributed by atoms with E-state index in [0.29, 0.717) is 23.4 Å². The average molecular weight is 336 g/mol. The number of aliphatic hydroxyl groups excluding tert-OH is 1. The molecule has 0 spiro atoms. The average Bonchev–Trinajstić information content (AvgIpc) is 2.94. The summed E-state index contributed by atoms with van der Waals surface area (Å²) in [7, 11) is 2.78. The molecule has 0 fully saturated rings. The highest BCUT2D eigenvalue weighted by molar-refractivity contribution is 5.90. The van der Waals surface area contributed by atoms with Gasteiger partial charge in [-0.05, 0) is 32.4 Å². The lowest BCUT2D eigenvalue weighted by Gasteiger charge is -2.23. The van der Waals surface area contributed by atoms with Gasteiger partial charge in [0.1, 0.15) is 5.75 Å². The third-order valence-electron chi connectivity index (χ3n) is 3.53. The maximum absolute atomic E-state index is 11.3. The van der Waals surface area contributed by atoms with Gasteiger partial charge in [0.15, 0.2) is 0 Å². The molecular weight excluding hydrogens is 312 g/mol. The Bertz CT molecular complexity index is 718. The summed E-state index contributed by atoms with van der Waals surface area (Å²) < 4.78 is 14.8. The molecule has 3 N–H and O–H groups in total. The summed E-state index contributed by atoms with van der Waals surface area (Å²) in [6.07, 6.45) is -1.54. The predicted molar refractivity (Wildman–Crippen MR) is 90.6 cm³/mol. The Morgan fingerprint density at radius 1 is 1.33 bits per heavy atom. The highest BCUT2D eigenvalue weighted by Gasteiger charge is 2.19. The Hall–Kier alpha value is -2.25. The second-order valence-corrected chi connectivity index (χ2v) is 6.48. The third-order valence-corrected chi connectivity index (χ3v) is 3.53. The number of carbonyl (C=O) groups is 1. The monoisotopic (exact) mass is 336 g/mol. The van der Waals surface area contributed by atoms with Crippen molar-refractivity contribution < 1.29 is 24.1 Å². The van der Waals surface area contributed by atoms with Gasteiger partial charge in [-0.3, -0.25) is 0 Å². The number of hydrogen-bond acceptors (Lipinski definition) is 6. The molecule has 2 rings (SSSR count). The molecule has 1 aromatic heterocycles. The summed E-state index contributed by atoms with van der Waals surface area (Å²) in [5, 5.41) is 14.5. The van der Waals surface area contributed by atoms with Gasteiger partial charge in [-0.25, -0.2) is 4.79 Å². The summed E-state index contributed by atoms with van der Waals surface area (Å²) in [5.41, 5.74) is 1.24. The van der Waals surface area contributed by atoms with Crippen LogP contribution in [0.25, 0.3) is 10.9 Å². The molecule has 0 saturated carbocycles. The van der Waals surface area contributed by atoms with Crippen molar-refractivity contribution in [1.29, 1.82) is 0 Å². The first-order valence-corrected chi connectivity index (χ1v) is 7.63. The number of methoxy groups -OCH3 is 2. The predicted octanol–water partition coefficient (Wildman–Crippen LogP) is 2.74. The van der Waals surface area contributed by atoms with Crippen LogP contribution < -0.4 is 14.8 Å². The van der Waals surface area contributed by atoms with Gasteiger partial charge in [-0.2, -0.15) is 0 Å². The van der Waals surface area contributed by atoms with Crippen LogP contribution >= 0.6 is 0 Å². The van der Waals surface area contributed by atoms with E-state index in [2.05, 4.69) is 15.0 Å². The molecule has 1 aromatic carbocycles. The SMILES string of the molecule is COC(=O)Oc1cc2c(C(O)CNC(C)(C)C)ccc(OC)c2[nH]1. The van der Waals surface area contributed by atoms with E-state index in [9.17, 15) is 9.90 Å². The van der Waals surface area contributed by atoms with Crippen LogP contribution in [-0.2, 0) is 4.74 Å². The van der Waals surface area contributed by atoms with Crippen molar-refractivity contribution in [2.24, 2.45) is 0 Å². The minimum Gasteiger partial charge on any atom is -0.495 e. The zero-order valence-corrected chi connectivity index (χ0v) is 14.6. The van der Waals surface area contributed by atoms with Gasteiger partial charge >= 0.3 is 6.16 Å². The largest absolute Gasteiger partial charge is 0.514 e. The molecule has 0 saturated heterocycles. The molecule has 0 aliphatic heterocycles. The number of hydrogen-bond donors (Lipinski definition) is 3. The number of benzene rings is 1. The lowest BCUT2D eigenvalue weighted by molar-refractivity contribution is 0.120. The van der Waals surface area contributed by atoms with E-state index in [1.54, 1.807) is 25.3 Å². The third kappa shape index (κ3) is 4.18. The number of aliphatic hydroxyl groups is 1. The van der Waals surface area contributed by atoms with Crippen LogP contribution in [0.3, 0.4) is 0 Å². The Morgan fingerprint density at radius 3 is 2.62 bits per heavy atom. The lowest BCUT2D eigenvalue weighted by Crippen LogP contribution is -2.38. The molecule has 0 bridgehead atoms. The van der Waals surface area contributed by atoms with E-state index in [0.717, 1.165) is 5.39 Å². The summed E-state index contributed by atoms with van der Waals surface area (Å²) in [6.45, 7) is 6.48. The number of aromatic nitrogens is 1. The Labute approximate surface area is 140 Å². The van der Waals surface area contributed by atoms with Crippen molar-refractivity contribution in [3.8, 4) is 11.6 Å². The zero-order chi connectivity index (χ0) is 17.9. The second-order valence-electron chi connectivity index (χ2n) is 6.48. The first-order chi connectivity index (χ1) is 11.2. The smallest absolute Gasteiger partial charge is 0.495 e. The normalized spacial score (nSPS) is 12.9. The van der Waals surface area contributed by atoms with Crippen LogP contribution in [0.2, 0.25) is 0 Å². The molecule has 132 valence electrons. The van der Waals surface area contributed by atoms with Crippen LogP contribution in [0.15, 0.2) is 18.2 Å². The first kappa shape index (κ1) is 18.1. The number of rotatable bonds is 5. The van der Waals surface area contributed by atoms with Crippen LogP contribution in [-0.4, -0.2) is 42.5 Å². The van der Waals surface area contributed by atoms with Gasteiger partial charge < -0.3 is 29.6 Å². The van der Waals surface area contributed by atoms with E-state index >= 15 is 0 Å². The highest BCUT2D eigenvalue weighted by atomic mass is 16.7. The Balaban J connectivity index is 2.37. The molecule has 0 radical (unpaired) electrons. The molecule has 0 aliphatic rings. The van der Waals surface area contributed by atoms with Crippen molar-refractivity contribution in [2.75, 3.05) is 20.8 Å². The van der Waals surface area contributed by atoms with Crippen LogP contribution in [0.4, 0.5) is 4.79 Å². The van der Waals surface area contributed by atoms with E-state index < -0.39 is 12.3 Å². The summed E-state index contributed by atoms with van der Waals surface area (Å²) in [6, 6.07) is 5.20. The van der Waals surface area contributed by atoms with Gasteiger partial charge in [0, 0.05) is 23.5 Å². The first-order valence-electron chi connectivity index (χ1n) is 7.63. The van der Waals surface area contributed by atoms with Crippen molar-refractivity contribution in [1.82, 2.24) is 10.3 Å². The lowest BCUT2D eigenvalue weighted by atomic mass is 10.0. The van der Waals surface area contributed by atoms with Gasteiger partial charge in [0.2, 0.25) is 5.88 Å². The minimum atomic E-state index is -0.822. The fraction of sp³-hybridized carbons (Fsp3) is 0.471. The van der Waals surface area contributed by atoms with E-state index in [1.165, 1.54) is 7.11 Å². The maximum atomic E-state index is 11.3. The summed E-state index contributed by atoms with van der Waals surface area (Å²) in [5.74, 6) is 0.808. The highest BCUT2D eigenvalue weighted by Crippen LogP contribution is 2.34. The van der Waals surface area contributed by atoms with Gasteiger partial charge in [-0.1, -0.05) is 6.07 Å². The van der Waals surface area contributed by atoms with Gasteiger partial charge in [-0.15, -0.1) is 0 Å². The second kappa shape index (κ2) is 7.11. The summed E-state index contributed by atoms with van der Waals surface area (Å²) in [4.78, 5) is 14.3. The minimum absolute atomic E-state index is 0.107. The standard InChI is InChI=1S/C17H24N2O5/c1-17(2,3)18-9-12(20)10-6-7-13(22-4)15-11(10)8-14(19-15)24-16(21)23-5/h6-8,12,18-20H,9H2,1-5H3. The number of ether oxygens (including phenoxy) is 3. The van der Waals surface area contributed by atoms with E-state index in [1.807, 2.05) is 20.8 Å². The molecular formula is C17H24N2O5. The number of fused-ring (bicyclic) bond motifs is 1. The molecule has 7 heteroatoms. The number of nitrogens with one attached hydrogen (secondary N) is 2. The molecule has 0 amide bonds. The molecule has 2 aromatic rings. The molecule has 7 nitrogen and oxygen atoms in total. The number of H-pyrrole nitrogens is 1. The zero-order valence-electron chi connectivity index (χ0n) is 14.6. The van der Waals surface area contributed by atoms with Crippen LogP contribution in [0.1, 0.15) is 32.4 Å². The fourth-order valence-corrected chi connectivity index (χ4v) is 2.35. The number of carbonyl (C=O) groups excluding carboxylic acids is 1. The van der Waals surface area contributed by atoms with Crippen LogP contribution in [0, 0.1) is 0 Å². The molecule has 24 heavy (non-hydrogen) atoms. The van der Waals surface area contributed by atoms with Gasteiger partial charge in [0.05, 0.1) is 25.8 Å². The summed E-state index contributed by atoms with van der Waals surface area (Å²) >= 11 is 0. The molecule has 1 heterocycles. The topological polar surface area (TPSA) is 92.8 Å². The van der Waals surface area contributed by atoms with Gasteiger partial charge in [0.25, 0.3) is 0 Å². The Kier molecular flexibility index (Phi) is 5.36. The number of aromatic amines is 1. The number of β-amino-alcohol motifs (C(OH)–C–C–N with tert-alkyl or cyclic N) is 1. The van der Waals surface area contributed by atoms with Crippen LogP contribution in [0.5, 0.6) is 11.6 Å². The van der Waals surface area contributed by atoms with Crippen molar-refractivity contribution in [2.45, 2.75) is 32.4 Å². The molecule has 1 unspecified atom stereocenters. The maximum Gasteiger partial charge on any atom is 0.514 e. The molecule has 1 atom stereocenters.